The molecule has 1 aliphatic carbocycles. The highest BCUT2D eigenvalue weighted by atomic mass is 16.5. The quantitative estimate of drug-likeness (QED) is 0.635. The third kappa shape index (κ3) is 5.67. The number of rotatable bonds is 8. The van der Waals surface area contributed by atoms with Crippen LogP contribution in [0.2, 0.25) is 0 Å². The summed E-state index contributed by atoms with van der Waals surface area (Å²) in [6.07, 6.45) is 12.2. The highest BCUT2D eigenvalue weighted by Crippen LogP contribution is 2.27. The van der Waals surface area contributed by atoms with Crippen molar-refractivity contribution in [3.05, 3.63) is 48.0 Å². The van der Waals surface area contributed by atoms with Gasteiger partial charge >= 0.3 is 0 Å². The number of imidazole rings is 1. The van der Waals surface area contributed by atoms with Crippen molar-refractivity contribution in [3.8, 4) is 5.75 Å². The van der Waals surface area contributed by atoms with E-state index in [1.807, 2.05) is 42.4 Å². The molecule has 1 aromatic carbocycles. The number of aryl methyl sites for hydroxylation is 1. The Balaban J connectivity index is 1.32. The van der Waals surface area contributed by atoms with Gasteiger partial charge in [-0.25, -0.2) is 4.98 Å². The zero-order valence-corrected chi connectivity index (χ0v) is 18.8. The maximum Gasteiger partial charge on any atom is 0.252 e. The molecule has 1 aromatic heterocycles. The van der Waals surface area contributed by atoms with E-state index in [-0.39, 0.29) is 11.9 Å². The topological polar surface area (TPSA) is 56.6 Å². The smallest absolute Gasteiger partial charge is 0.252 e. The molecule has 1 amide bonds. The van der Waals surface area contributed by atoms with E-state index in [2.05, 4.69) is 15.7 Å². The van der Waals surface area contributed by atoms with Gasteiger partial charge in [0.25, 0.3) is 5.91 Å². The van der Waals surface area contributed by atoms with Gasteiger partial charge in [0.2, 0.25) is 0 Å². The predicted octanol–water partition coefficient (Wildman–Crippen LogP) is 4.22. The number of hydrogen-bond donors (Lipinski definition) is 0. The number of nitrogens with zero attached hydrogens (tertiary/aromatic N) is 3. The van der Waals surface area contributed by atoms with Gasteiger partial charge in [-0.1, -0.05) is 44.2 Å². The fraction of sp³-hybridized carbons (Fsp3) is 0.600. The van der Waals surface area contributed by atoms with Crippen LogP contribution in [0, 0.1) is 5.92 Å². The summed E-state index contributed by atoms with van der Waals surface area (Å²) < 4.78 is 13.3. The monoisotopic (exact) mass is 425 g/mol. The van der Waals surface area contributed by atoms with Gasteiger partial charge in [-0.2, -0.15) is 0 Å². The first-order valence-electron chi connectivity index (χ1n) is 11.7. The van der Waals surface area contributed by atoms with Gasteiger partial charge in [0.05, 0.1) is 31.8 Å². The van der Waals surface area contributed by atoms with E-state index in [1.54, 1.807) is 7.11 Å². The summed E-state index contributed by atoms with van der Waals surface area (Å²) in [5.74, 6) is 1.73. The number of aromatic nitrogens is 2. The Kier molecular flexibility index (Phi) is 7.28. The molecule has 6 nitrogen and oxygen atoms in total. The largest absolute Gasteiger partial charge is 0.497 e. The van der Waals surface area contributed by atoms with Crippen LogP contribution in [0.15, 0.2) is 36.8 Å². The number of hydrogen-bond acceptors (Lipinski definition) is 4. The maximum absolute atomic E-state index is 13.1. The van der Waals surface area contributed by atoms with E-state index < -0.39 is 6.10 Å². The number of methoxy groups -OCH3 is 1. The molecule has 0 bridgehead atoms. The normalized spacial score (nSPS) is 22.6. The maximum atomic E-state index is 13.1. The van der Waals surface area contributed by atoms with E-state index in [0.29, 0.717) is 19.6 Å². The van der Waals surface area contributed by atoms with E-state index in [1.165, 1.54) is 38.5 Å². The molecule has 1 aliphatic heterocycles. The van der Waals surface area contributed by atoms with Crippen molar-refractivity contribution in [1.82, 2.24) is 14.5 Å². The highest BCUT2D eigenvalue weighted by molar-refractivity contribution is 5.82. The first-order chi connectivity index (χ1) is 15.1. The van der Waals surface area contributed by atoms with E-state index in [0.717, 1.165) is 29.5 Å². The fourth-order valence-corrected chi connectivity index (χ4v) is 4.76. The van der Waals surface area contributed by atoms with Gasteiger partial charge in [0.1, 0.15) is 11.9 Å². The second-order valence-electron chi connectivity index (χ2n) is 9.08. The summed E-state index contributed by atoms with van der Waals surface area (Å²) in [5, 5.41) is 0. The van der Waals surface area contributed by atoms with Crippen LogP contribution in [0.25, 0.3) is 0 Å². The Morgan fingerprint density at radius 3 is 2.68 bits per heavy atom. The van der Waals surface area contributed by atoms with Crippen molar-refractivity contribution in [3.63, 3.8) is 0 Å². The molecule has 31 heavy (non-hydrogen) atoms. The van der Waals surface area contributed by atoms with Crippen molar-refractivity contribution >= 4 is 5.91 Å². The molecule has 6 heteroatoms. The number of amides is 1. The molecule has 168 valence electrons. The van der Waals surface area contributed by atoms with Gasteiger partial charge in [-0.3, -0.25) is 4.79 Å². The molecule has 0 spiro atoms. The predicted molar refractivity (Wildman–Crippen MR) is 120 cm³/mol. The molecule has 0 radical (unpaired) electrons. The molecule has 2 atom stereocenters. The van der Waals surface area contributed by atoms with Gasteiger partial charge in [-0.05, 0) is 37.0 Å². The first kappa shape index (κ1) is 21.9. The Morgan fingerprint density at radius 2 is 1.94 bits per heavy atom. The average Bonchev–Trinajstić information content (AvgIpc) is 3.26. The lowest BCUT2D eigenvalue weighted by atomic mass is 9.87. The summed E-state index contributed by atoms with van der Waals surface area (Å²) in [6.45, 7) is 4.18. The van der Waals surface area contributed by atoms with Crippen molar-refractivity contribution in [1.29, 1.82) is 0 Å². The zero-order chi connectivity index (χ0) is 21.6. The van der Waals surface area contributed by atoms with Gasteiger partial charge in [0.15, 0.2) is 0 Å². The van der Waals surface area contributed by atoms with Crippen LogP contribution in [0.3, 0.4) is 0 Å². The van der Waals surface area contributed by atoms with Gasteiger partial charge < -0.3 is 18.9 Å². The minimum atomic E-state index is -0.462. The zero-order valence-electron chi connectivity index (χ0n) is 18.8. The van der Waals surface area contributed by atoms with Gasteiger partial charge in [-0.15, -0.1) is 0 Å². The van der Waals surface area contributed by atoms with Crippen molar-refractivity contribution in [2.75, 3.05) is 13.7 Å². The lowest BCUT2D eigenvalue weighted by molar-refractivity contribution is -0.159. The second-order valence-corrected chi connectivity index (χ2v) is 9.08. The molecule has 2 heterocycles. The van der Waals surface area contributed by atoms with Gasteiger partial charge in [0, 0.05) is 25.7 Å². The number of carbonyl (C=O) groups excluding carboxylic acids is 1. The molecule has 2 aromatic rings. The Bertz CT molecular complexity index is 842. The summed E-state index contributed by atoms with van der Waals surface area (Å²) in [5.41, 5.74) is 2.02. The average molecular weight is 426 g/mol. The first-order valence-corrected chi connectivity index (χ1v) is 11.7. The molecule has 1 saturated carbocycles. The molecular weight excluding hydrogens is 390 g/mol. The van der Waals surface area contributed by atoms with E-state index in [9.17, 15) is 4.79 Å². The van der Waals surface area contributed by atoms with Crippen LogP contribution < -0.4 is 4.74 Å². The third-order valence-electron chi connectivity index (χ3n) is 6.74. The Hall–Kier alpha value is -2.34. The lowest BCUT2D eigenvalue weighted by Crippen LogP contribution is -2.52. The standard InChI is InChI=1S/C25H35N3O3/c1-19-17-31-24(25(29)28(19)15-21-8-10-23(30-2)11-9-21)14-22-16-27(18-26-22)13-12-20-6-4-3-5-7-20/h8-11,16,18-20,24H,3-7,12-15,17H2,1-2H3/t19?,24-/m1/s1. The summed E-state index contributed by atoms with van der Waals surface area (Å²) >= 11 is 0. The van der Waals surface area contributed by atoms with E-state index >= 15 is 0 Å². The molecule has 2 fully saturated rings. The number of morpholine rings is 1. The number of ether oxygens (including phenoxy) is 2. The van der Waals surface area contributed by atoms with Crippen molar-refractivity contribution < 1.29 is 14.3 Å². The highest BCUT2D eigenvalue weighted by Gasteiger charge is 2.34. The molecular formula is C25H35N3O3. The Labute approximate surface area is 185 Å². The lowest BCUT2D eigenvalue weighted by Gasteiger charge is -2.37. The van der Waals surface area contributed by atoms with Crippen LogP contribution in [0.4, 0.5) is 0 Å². The van der Waals surface area contributed by atoms with Crippen molar-refractivity contribution in [2.24, 2.45) is 5.92 Å². The fourth-order valence-electron chi connectivity index (χ4n) is 4.76. The molecule has 1 unspecified atom stereocenters. The number of benzene rings is 1. The van der Waals surface area contributed by atoms with E-state index in [4.69, 9.17) is 9.47 Å². The molecule has 4 rings (SSSR count). The van der Waals surface area contributed by atoms with Crippen LogP contribution in [-0.4, -0.2) is 46.2 Å². The minimum absolute atomic E-state index is 0.0475. The second kappa shape index (κ2) is 10.3. The van der Waals surface area contributed by atoms with Crippen LogP contribution >= 0.6 is 0 Å². The summed E-state index contributed by atoms with van der Waals surface area (Å²) in [4.78, 5) is 19.6. The minimum Gasteiger partial charge on any atom is -0.497 e. The number of carbonyl (C=O) groups is 1. The summed E-state index contributed by atoms with van der Waals surface area (Å²) in [6, 6.07) is 7.94. The van der Waals surface area contributed by atoms with Crippen LogP contribution in [0.5, 0.6) is 5.75 Å². The molecule has 2 aliphatic rings. The molecule has 0 N–H and O–H groups in total. The van der Waals surface area contributed by atoms with Crippen LogP contribution in [-0.2, 0) is 29.0 Å². The SMILES string of the molecule is COc1ccc(CN2C(=O)[C@@H](Cc3cn(CCC4CCCCC4)cn3)OCC2C)cc1. The third-order valence-corrected chi connectivity index (χ3v) is 6.74. The Morgan fingerprint density at radius 1 is 1.16 bits per heavy atom. The summed E-state index contributed by atoms with van der Waals surface area (Å²) in [7, 11) is 1.66. The molecule has 1 saturated heterocycles. The van der Waals surface area contributed by atoms with Crippen molar-refractivity contribution in [2.45, 2.75) is 77.1 Å². The van der Waals surface area contributed by atoms with Crippen LogP contribution in [0.1, 0.15) is 56.7 Å².